The van der Waals surface area contributed by atoms with Crippen molar-refractivity contribution in [2.45, 2.75) is 71.6 Å². The van der Waals surface area contributed by atoms with Gasteiger partial charge < -0.3 is 4.90 Å². The first-order chi connectivity index (χ1) is 27.8. The fourth-order valence-corrected chi connectivity index (χ4v) is 9.04. The van der Waals surface area contributed by atoms with Crippen molar-refractivity contribution in [2.24, 2.45) is 0 Å². The number of para-hydroxylation sites is 1. The molecule has 0 spiro atoms. The number of nitrogens with zero attached hydrogens (tertiary/aromatic N) is 1. The lowest BCUT2D eigenvalue weighted by atomic mass is 9.78. The molecule has 286 valence electrons. The van der Waals surface area contributed by atoms with Crippen LogP contribution in [-0.2, 0) is 16.2 Å². The van der Waals surface area contributed by atoms with E-state index in [0.717, 1.165) is 17.1 Å². The lowest BCUT2D eigenvalue weighted by molar-refractivity contribution is 0.569. The molecule has 0 aromatic heterocycles. The van der Waals surface area contributed by atoms with Crippen LogP contribution in [0.2, 0.25) is 0 Å². The molecule has 0 radical (unpaired) electrons. The topological polar surface area (TPSA) is 3.24 Å². The maximum atomic E-state index is 2.48. The monoisotopic (exact) mass is 751 g/mol. The molecule has 0 N–H and O–H groups in total. The Balaban J connectivity index is 1.27. The largest absolute Gasteiger partial charge is 0.310 e. The van der Waals surface area contributed by atoms with Gasteiger partial charge in [-0.1, -0.05) is 201 Å². The van der Waals surface area contributed by atoms with Crippen LogP contribution in [0.25, 0.3) is 55.3 Å². The Bertz CT molecular complexity index is 2770. The molecule has 1 aliphatic carbocycles. The highest BCUT2D eigenvalue weighted by Gasteiger charge is 2.36. The summed E-state index contributed by atoms with van der Waals surface area (Å²) in [7, 11) is 0. The van der Waals surface area contributed by atoms with Crippen LogP contribution >= 0.6 is 0 Å². The molecule has 1 nitrogen and oxygen atoms in total. The van der Waals surface area contributed by atoms with Gasteiger partial charge in [-0.3, -0.25) is 0 Å². The summed E-state index contributed by atoms with van der Waals surface area (Å²) >= 11 is 0. The minimum absolute atomic E-state index is 0.0123. The van der Waals surface area contributed by atoms with Crippen LogP contribution in [0.15, 0.2) is 176 Å². The standard InChI is InChI=1S/C57H53N/c1-55(2,3)42-34-41(35-43(36-42)56(4,5)6)46-24-16-20-40-21-17-25-50(54(40)46)49-23-13-15-27-53(49)58(44-30-28-39(29-31-44)38-18-10-9-11-19-38)45-32-33-48-47-22-12-14-26-51(47)57(7,8)52(48)37-45/h9-37H,1-8H3. The predicted molar refractivity (Wildman–Crippen MR) is 250 cm³/mol. The molecule has 0 atom stereocenters. The van der Waals surface area contributed by atoms with Crippen LogP contribution in [-0.4, -0.2) is 0 Å². The van der Waals surface area contributed by atoms with Gasteiger partial charge in [0.1, 0.15) is 0 Å². The van der Waals surface area contributed by atoms with Crippen molar-refractivity contribution in [3.63, 3.8) is 0 Å². The molecule has 0 heterocycles. The Morgan fingerprint density at radius 1 is 0.379 bits per heavy atom. The van der Waals surface area contributed by atoms with Gasteiger partial charge in [0, 0.05) is 22.4 Å². The van der Waals surface area contributed by atoms with E-state index in [0.29, 0.717) is 0 Å². The molecule has 8 aromatic carbocycles. The van der Waals surface area contributed by atoms with E-state index in [1.54, 1.807) is 0 Å². The first kappa shape index (κ1) is 37.4. The van der Waals surface area contributed by atoms with E-state index in [9.17, 15) is 0 Å². The summed E-state index contributed by atoms with van der Waals surface area (Å²) in [4.78, 5) is 2.48. The molecule has 0 fully saturated rings. The zero-order valence-corrected chi connectivity index (χ0v) is 35.2. The maximum absolute atomic E-state index is 2.48. The highest BCUT2D eigenvalue weighted by atomic mass is 15.1. The Labute approximate surface area is 345 Å². The Kier molecular flexibility index (Phi) is 9.05. The van der Waals surface area contributed by atoms with Crippen LogP contribution in [0.3, 0.4) is 0 Å². The van der Waals surface area contributed by atoms with E-state index < -0.39 is 0 Å². The second kappa shape index (κ2) is 14.0. The number of anilines is 3. The van der Waals surface area contributed by atoms with Gasteiger partial charge >= 0.3 is 0 Å². The van der Waals surface area contributed by atoms with Crippen molar-refractivity contribution in [3.05, 3.63) is 198 Å². The summed E-state index contributed by atoms with van der Waals surface area (Å²) in [5.74, 6) is 0. The van der Waals surface area contributed by atoms with E-state index in [1.807, 2.05) is 0 Å². The third kappa shape index (κ3) is 6.53. The number of fused-ring (bicyclic) bond motifs is 4. The number of rotatable bonds is 6. The summed E-state index contributed by atoms with van der Waals surface area (Å²) in [6, 6.07) is 65.6. The molecular formula is C57H53N. The summed E-state index contributed by atoms with van der Waals surface area (Å²) in [6.45, 7) is 18.7. The maximum Gasteiger partial charge on any atom is 0.0540 e. The first-order valence-corrected chi connectivity index (χ1v) is 20.8. The third-order valence-electron chi connectivity index (χ3n) is 12.4. The normalized spacial score (nSPS) is 13.3. The van der Waals surface area contributed by atoms with Crippen LogP contribution in [0, 0.1) is 0 Å². The molecule has 0 saturated heterocycles. The Morgan fingerprint density at radius 3 is 1.59 bits per heavy atom. The first-order valence-electron chi connectivity index (χ1n) is 20.8. The summed E-state index contributed by atoms with van der Waals surface area (Å²) in [5.41, 5.74) is 18.8. The van der Waals surface area contributed by atoms with Gasteiger partial charge in [-0.05, 0) is 113 Å². The quantitative estimate of drug-likeness (QED) is 0.164. The number of hydrogen-bond acceptors (Lipinski definition) is 1. The van der Waals surface area contributed by atoms with Crippen LogP contribution < -0.4 is 4.90 Å². The Hall–Kier alpha value is -6.18. The second-order valence-corrected chi connectivity index (χ2v) is 18.7. The van der Waals surface area contributed by atoms with Crippen molar-refractivity contribution >= 4 is 27.8 Å². The lowest BCUT2D eigenvalue weighted by Gasteiger charge is -2.30. The lowest BCUT2D eigenvalue weighted by Crippen LogP contribution is -2.17. The molecule has 9 rings (SSSR count). The van der Waals surface area contributed by atoms with E-state index in [2.05, 4.69) is 236 Å². The summed E-state index contributed by atoms with van der Waals surface area (Å²) in [5, 5.41) is 2.51. The molecule has 0 unspecified atom stereocenters. The van der Waals surface area contributed by atoms with Gasteiger partial charge in [0.25, 0.3) is 0 Å². The average molecular weight is 752 g/mol. The number of hydrogen-bond donors (Lipinski definition) is 0. The summed E-state index contributed by atoms with van der Waals surface area (Å²) < 4.78 is 0. The highest BCUT2D eigenvalue weighted by Crippen LogP contribution is 2.52. The molecule has 1 aliphatic rings. The molecule has 0 saturated carbocycles. The molecule has 1 heteroatoms. The molecule has 8 aromatic rings. The molecule has 0 amide bonds. The molecule has 0 bridgehead atoms. The van der Waals surface area contributed by atoms with Gasteiger partial charge in [0.05, 0.1) is 5.69 Å². The van der Waals surface area contributed by atoms with Crippen molar-refractivity contribution in [1.82, 2.24) is 0 Å². The van der Waals surface area contributed by atoms with Gasteiger partial charge in [-0.25, -0.2) is 0 Å². The molecule has 58 heavy (non-hydrogen) atoms. The van der Waals surface area contributed by atoms with Crippen LogP contribution in [0.1, 0.15) is 77.6 Å². The fraction of sp³-hybridized carbons (Fsp3) is 0.193. The summed E-state index contributed by atoms with van der Waals surface area (Å²) in [6.07, 6.45) is 0. The number of benzene rings is 8. The minimum atomic E-state index is -0.123. The van der Waals surface area contributed by atoms with Gasteiger partial charge in [-0.2, -0.15) is 0 Å². The smallest absolute Gasteiger partial charge is 0.0540 e. The zero-order valence-electron chi connectivity index (χ0n) is 35.2. The zero-order chi connectivity index (χ0) is 40.4. The van der Waals surface area contributed by atoms with E-state index in [4.69, 9.17) is 0 Å². The predicted octanol–water partition coefficient (Wildman–Crippen LogP) is 16.2. The third-order valence-corrected chi connectivity index (χ3v) is 12.4. The highest BCUT2D eigenvalue weighted by molar-refractivity contribution is 6.09. The molecule has 0 aliphatic heterocycles. The van der Waals surface area contributed by atoms with Crippen molar-refractivity contribution in [3.8, 4) is 44.5 Å². The minimum Gasteiger partial charge on any atom is -0.310 e. The van der Waals surface area contributed by atoms with Gasteiger partial charge in [0.2, 0.25) is 0 Å². The van der Waals surface area contributed by atoms with E-state index >= 15 is 0 Å². The average Bonchev–Trinajstić information content (AvgIpc) is 3.46. The van der Waals surface area contributed by atoms with Gasteiger partial charge in [0.15, 0.2) is 0 Å². The van der Waals surface area contributed by atoms with Crippen LogP contribution in [0.5, 0.6) is 0 Å². The van der Waals surface area contributed by atoms with E-state index in [1.165, 1.54) is 77.5 Å². The second-order valence-electron chi connectivity index (χ2n) is 18.7. The molecular weight excluding hydrogens is 699 g/mol. The van der Waals surface area contributed by atoms with Crippen molar-refractivity contribution < 1.29 is 0 Å². The van der Waals surface area contributed by atoms with Gasteiger partial charge in [-0.15, -0.1) is 0 Å². The fourth-order valence-electron chi connectivity index (χ4n) is 9.04. The SMILES string of the molecule is CC(C)(C)c1cc(-c2cccc3cccc(-c4ccccc4N(c4ccc(-c5ccccc5)cc4)c4ccc5c(c4)C(C)(C)c4ccccc4-5)c23)cc(C(C)(C)C)c1. The van der Waals surface area contributed by atoms with Crippen molar-refractivity contribution in [1.29, 1.82) is 0 Å². The Morgan fingerprint density at radius 2 is 0.914 bits per heavy atom. The van der Waals surface area contributed by atoms with E-state index in [-0.39, 0.29) is 16.2 Å². The van der Waals surface area contributed by atoms with Crippen molar-refractivity contribution in [2.75, 3.05) is 4.90 Å². The van der Waals surface area contributed by atoms with Crippen LogP contribution in [0.4, 0.5) is 17.1 Å².